The van der Waals surface area contributed by atoms with Gasteiger partial charge in [-0.15, -0.1) is 0 Å². The van der Waals surface area contributed by atoms with Crippen LogP contribution in [-0.4, -0.2) is 21.3 Å². The van der Waals surface area contributed by atoms with Crippen molar-refractivity contribution >= 4 is 11.0 Å². The summed E-state index contributed by atoms with van der Waals surface area (Å²) >= 11 is 0. The summed E-state index contributed by atoms with van der Waals surface area (Å²) in [5, 5.41) is 0.857. The summed E-state index contributed by atoms with van der Waals surface area (Å²) in [6.07, 6.45) is 2.05. The van der Waals surface area contributed by atoms with Gasteiger partial charge in [0.2, 0.25) is 5.75 Å². The van der Waals surface area contributed by atoms with E-state index in [2.05, 4.69) is 12.1 Å². The summed E-state index contributed by atoms with van der Waals surface area (Å²) in [6.45, 7) is 0. The van der Waals surface area contributed by atoms with Gasteiger partial charge in [-0.2, -0.15) is 0 Å². The Kier molecular flexibility index (Phi) is 4.01. The SMILES string of the molecule is COc1c2c(c3ccoc3c1OC)O[C@@H](c1ccccc1)C[C@H]2OC. The van der Waals surface area contributed by atoms with E-state index >= 15 is 0 Å². The van der Waals surface area contributed by atoms with Crippen molar-refractivity contribution in [3.05, 3.63) is 53.8 Å². The van der Waals surface area contributed by atoms with Crippen LogP contribution in [-0.2, 0) is 4.74 Å². The zero-order valence-electron chi connectivity index (χ0n) is 14.4. The Labute approximate surface area is 146 Å². The fraction of sp³-hybridized carbons (Fsp3) is 0.300. The zero-order chi connectivity index (χ0) is 17.4. The van der Waals surface area contributed by atoms with E-state index < -0.39 is 0 Å². The molecule has 0 saturated heterocycles. The Hall–Kier alpha value is -2.66. The Bertz CT molecular complexity index is 884. The number of rotatable bonds is 4. The monoisotopic (exact) mass is 340 g/mol. The second-order valence-electron chi connectivity index (χ2n) is 5.95. The smallest absolute Gasteiger partial charge is 0.205 e. The predicted molar refractivity (Wildman–Crippen MR) is 93.5 cm³/mol. The molecule has 3 aromatic rings. The van der Waals surface area contributed by atoms with Gasteiger partial charge in [-0.3, -0.25) is 0 Å². The molecule has 0 aliphatic carbocycles. The molecule has 1 aliphatic rings. The van der Waals surface area contributed by atoms with Crippen LogP contribution in [0.25, 0.3) is 11.0 Å². The lowest BCUT2D eigenvalue weighted by Gasteiger charge is -2.33. The first kappa shape index (κ1) is 15.8. The lowest BCUT2D eigenvalue weighted by molar-refractivity contribution is 0.0288. The van der Waals surface area contributed by atoms with Crippen LogP contribution in [0.5, 0.6) is 17.2 Å². The number of ether oxygens (including phenoxy) is 4. The number of furan rings is 1. The number of fused-ring (bicyclic) bond motifs is 3. The standard InChI is InChI=1S/C20H20O5/c1-21-15-11-14(12-7-5-4-6-8-12)25-17-13-9-10-24-18(13)20(23-3)19(22-2)16(15)17/h4-10,14-15H,11H2,1-3H3/t14-,15-/m1/s1. The molecule has 0 radical (unpaired) electrons. The highest BCUT2D eigenvalue weighted by molar-refractivity contribution is 5.94. The third kappa shape index (κ3) is 2.43. The van der Waals surface area contributed by atoms with Gasteiger partial charge in [-0.25, -0.2) is 0 Å². The largest absolute Gasteiger partial charge is 0.492 e. The van der Waals surface area contributed by atoms with E-state index in [9.17, 15) is 0 Å². The molecule has 0 N–H and O–H groups in total. The van der Waals surface area contributed by atoms with Crippen molar-refractivity contribution < 1.29 is 23.4 Å². The minimum Gasteiger partial charge on any atom is -0.492 e. The Morgan fingerprint density at radius 1 is 0.960 bits per heavy atom. The first-order valence-electron chi connectivity index (χ1n) is 8.17. The lowest BCUT2D eigenvalue weighted by Crippen LogP contribution is -2.21. The van der Waals surface area contributed by atoms with Gasteiger partial charge in [0.1, 0.15) is 11.9 Å². The minimum atomic E-state index is -0.169. The molecule has 5 heteroatoms. The summed E-state index contributed by atoms with van der Waals surface area (Å²) < 4.78 is 29.0. The molecule has 0 fully saturated rings. The molecule has 5 nitrogen and oxygen atoms in total. The third-order valence-corrected chi connectivity index (χ3v) is 4.69. The van der Waals surface area contributed by atoms with E-state index in [-0.39, 0.29) is 12.2 Å². The molecular weight excluding hydrogens is 320 g/mol. The summed E-state index contributed by atoms with van der Waals surface area (Å²) in [7, 11) is 4.92. The number of methoxy groups -OCH3 is 3. The van der Waals surface area contributed by atoms with E-state index in [1.54, 1.807) is 27.6 Å². The van der Waals surface area contributed by atoms with Gasteiger partial charge in [0, 0.05) is 13.5 Å². The van der Waals surface area contributed by atoms with Gasteiger partial charge in [-0.05, 0) is 11.6 Å². The Balaban J connectivity index is 1.94. The maximum atomic E-state index is 6.39. The molecule has 0 amide bonds. The number of hydrogen-bond acceptors (Lipinski definition) is 5. The van der Waals surface area contributed by atoms with Crippen LogP contribution in [0.15, 0.2) is 47.1 Å². The second-order valence-corrected chi connectivity index (χ2v) is 5.95. The van der Waals surface area contributed by atoms with E-state index in [4.69, 9.17) is 23.4 Å². The molecule has 1 aromatic heterocycles. The van der Waals surface area contributed by atoms with Gasteiger partial charge in [0.05, 0.1) is 37.5 Å². The van der Waals surface area contributed by atoms with Crippen LogP contribution in [0.3, 0.4) is 0 Å². The van der Waals surface area contributed by atoms with Crippen molar-refractivity contribution in [2.45, 2.75) is 18.6 Å². The van der Waals surface area contributed by atoms with Crippen LogP contribution in [0.2, 0.25) is 0 Å². The van der Waals surface area contributed by atoms with E-state index in [1.165, 1.54) is 0 Å². The highest BCUT2D eigenvalue weighted by Crippen LogP contribution is 2.54. The maximum absolute atomic E-state index is 6.39. The number of benzene rings is 2. The summed E-state index contributed by atoms with van der Waals surface area (Å²) in [5.74, 6) is 1.89. The van der Waals surface area contributed by atoms with Crippen molar-refractivity contribution in [2.75, 3.05) is 21.3 Å². The molecular formula is C20H20O5. The van der Waals surface area contributed by atoms with E-state index in [0.717, 1.165) is 22.3 Å². The second kappa shape index (κ2) is 6.33. The van der Waals surface area contributed by atoms with Crippen molar-refractivity contribution in [3.8, 4) is 17.2 Å². The summed E-state index contributed by atoms with van der Waals surface area (Å²) in [5.41, 5.74) is 2.59. The van der Waals surface area contributed by atoms with Crippen molar-refractivity contribution in [1.29, 1.82) is 0 Å². The topological polar surface area (TPSA) is 50.1 Å². The minimum absolute atomic E-state index is 0.102. The van der Waals surface area contributed by atoms with E-state index in [0.29, 0.717) is 23.5 Å². The average Bonchev–Trinajstić information content (AvgIpc) is 3.16. The molecule has 2 atom stereocenters. The molecule has 2 heterocycles. The van der Waals surface area contributed by atoms with Crippen molar-refractivity contribution in [1.82, 2.24) is 0 Å². The Morgan fingerprint density at radius 3 is 2.40 bits per heavy atom. The molecule has 0 unspecified atom stereocenters. The molecule has 0 spiro atoms. The lowest BCUT2D eigenvalue weighted by atomic mass is 9.92. The number of hydrogen-bond donors (Lipinski definition) is 0. The fourth-order valence-corrected chi connectivity index (χ4v) is 3.53. The van der Waals surface area contributed by atoms with Gasteiger partial charge in [0.25, 0.3) is 0 Å². The van der Waals surface area contributed by atoms with Crippen LogP contribution >= 0.6 is 0 Å². The van der Waals surface area contributed by atoms with Gasteiger partial charge in [0.15, 0.2) is 11.3 Å². The zero-order valence-corrected chi connectivity index (χ0v) is 14.4. The van der Waals surface area contributed by atoms with Crippen LogP contribution in [0, 0.1) is 0 Å². The van der Waals surface area contributed by atoms with Gasteiger partial charge in [-0.1, -0.05) is 30.3 Å². The Morgan fingerprint density at radius 2 is 1.72 bits per heavy atom. The van der Waals surface area contributed by atoms with Crippen molar-refractivity contribution in [2.24, 2.45) is 0 Å². The molecule has 130 valence electrons. The third-order valence-electron chi connectivity index (χ3n) is 4.69. The molecule has 2 aromatic carbocycles. The summed E-state index contributed by atoms with van der Waals surface area (Å²) in [6, 6.07) is 12.0. The molecule has 4 rings (SSSR count). The molecule has 0 saturated carbocycles. The van der Waals surface area contributed by atoms with Crippen LogP contribution in [0.1, 0.15) is 29.8 Å². The van der Waals surface area contributed by atoms with Gasteiger partial charge >= 0.3 is 0 Å². The normalized spacial score (nSPS) is 19.3. The van der Waals surface area contributed by atoms with E-state index in [1.807, 2.05) is 24.3 Å². The van der Waals surface area contributed by atoms with Crippen LogP contribution < -0.4 is 14.2 Å². The maximum Gasteiger partial charge on any atom is 0.205 e. The summed E-state index contributed by atoms with van der Waals surface area (Å²) in [4.78, 5) is 0. The predicted octanol–water partition coefficient (Wildman–Crippen LogP) is 4.66. The van der Waals surface area contributed by atoms with Crippen LogP contribution in [0.4, 0.5) is 0 Å². The fourth-order valence-electron chi connectivity index (χ4n) is 3.53. The highest BCUT2D eigenvalue weighted by atomic mass is 16.5. The van der Waals surface area contributed by atoms with Gasteiger partial charge < -0.3 is 23.4 Å². The highest BCUT2D eigenvalue weighted by Gasteiger charge is 2.36. The molecule has 0 bridgehead atoms. The molecule has 1 aliphatic heterocycles. The van der Waals surface area contributed by atoms with Crippen molar-refractivity contribution in [3.63, 3.8) is 0 Å². The molecule has 25 heavy (non-hydrogen) atoms. The quantitative estimate of drug-likeness (QED) is 0.691. The first-order valence-corrected chi connectivity index (χ1v) is 8.17. The first-order chi connectivity index (χ1) is 12.3. The average molecular weight is 340 g/mol.